The Morgan fingerprint density at radius 1 is 1.00 bits per heavy atom. The highest BCUT2D eigenvalue weighted by atomic mass is 35.5. The fourth-order valence-corrected chi connectivity index (χ4v) is 2.20. The molecule has 2 heterocycles. The zero-order valence-corrected chi connectivity index (χ0v) is 13.4. The van der Waals surface area contributed by atoms with Gasteiger partial charge >= 0.3 is 0 Å². The number of halogens is 1. The first-order valence-corrected chi connectivity index (χ1v) is 7.58. The van der Waals surface area contributed by atoms with Crippen molar-refractivity contribution in [1.82, 2.24) is 15.0 Å². The monoisotopic (exact) mass is 325 g/mol. The first-order chi connectivity index (χ1) is 11.2. The van der Waals surface area contributed by atoms with Gasteiger partial charge in [0, 0.05) is 41.4 Å². The predicted molar refractivity (Wildman–Crippen MR) is 93.1 cm³/mol. The number of nitrogens with one attached hydrogen (secondary N) is 2. The number of anilines is 3. The fourth-order valence-electron chi connectivity index (χ4n) is 2.07. The number of nitrogens with zero attached hydrogens (tertiary/aromatic N) is 3. The van der Waals surface area contributed by atoms with E-state index in [-0.39, 0.29) is 0 Å². The van der Waals surface area contributed by atoms with Crippen molar-refractivity contribution in [2.24, 2.45) is 0 Å². The molecule has 2 aromatic heterocycles. The van der Waals surface area contributed by atoms with Gasteiger partial charge in [-0.15, -0.1) is 0 Å². The number of hydrogen-bond donors (Lipinski definition) is 2. The van der Waals surface area contributed by atoms with E-state index >= 15 is 0 Å². The molecule has 23 heavy (non-hydrogen) atoms. The zero-order chi connectivity index (χ0) is 16.1. The summed E-state index contributed by atoms with van der Waals surface area (Å²) in [6, 6.07) is 13.3. The molecule has 0 atom stereocenters. The second-order valence-corrected chi connectivity index (χ2v) is 5.50. The molecule has 0 bridgehead atoms. The highest BCUT2D eigenvalue weighted by Crippen LogP contribution is 2.18. The SMILES string of the molecule is Cc1cc(NCc2ccncc2)nc(Nc2ccc(Cl)cc2)n1. The average molecular weight is 326 g/mol. The third kappa shape index (κ3) is 4.40. The summed E-state index contributed by atoms with van der Waals surface area (Å²) in [5.41, 5.74) is 2.91. The number of aromatic nitrogens is 3. The highest BCUT2D eigenvalue weighted by Gasteiger charge is 2.03. The molecule has 3 rings (SSSR count). The third-order valence-electron chi connectivity index (χ3n) is 3.18. The number of hydrogen-bond acceptors (Lipinski definition) is 5. The first kappa shape index (κ1) is 15.2. The molecule has 0 saturated heterocycles. The van der Waals surface area contributed by atoms with E-state index in [4.69, 9.17) is 11.6 Å². The van der Waals surface area contributed by atoms with Crippen LogP contribution >= 0.6 is 11.6 Å². The van der Waals surface area contributed by atoms with Crippen molar-refractivity contribution in [3.8, 4) is 0 Å². The minimum absolute atomic E-state index is 0.546. The van der Waals surface area contributed by atoms with E-state index in [9.17, 15) is 0 Å². The maximum absolute atomic E-state index is 5.89. The summed E-state index contributed by atoms with van der Waals surface area (Å²) in [5.74, 6) is 1.32. The van der Waals surface area contributed by atoms with Gasteiger partial charge in [-0.2, -0.15) is 4.98 Å². The normalized spacial score (nSPS) is 10.3. The lowest BCUT2D eigenvalue weighted by molar-refractivity contribution is 1.05. The lowest BCUT2D eigenvalue weighted by atomic mass is 10.3. The molecule has 0 aliphatic heterocycles. The van der Waals surface area contributed by atoms with Crippen LogP contribution in [0.5, 0.6) is 0 Å². The molecule has 0 fully saturated rings. The van der Waals surface area contributed by atoms with E-state index in [1.54, 1.807) is 12.4 Å². The molecule has 116 valence electrons. The van der Waals surface area contributed by atoms with Crippen molar-refractivity contribution >= 4 is 29.1 Å². The van der Waals surface area contributed by atoms with E-state index < -0.39 is 0 Å². The van der Waals surface area contributed by atoms with E-state index in [0.717, 1.165) is 22.8 Å². The molecule has 0 amide bonds. The summed E-state index contributed by atoms with van der Waals surface area (Å²) in [5, 5.41) is 7.17. The van der Waals surface area contributed by atoms with Gasteiger partial charge < -0.3 is 10.6 Å². The van der Waals surface area contributed by atoms with Crippen molar-refractivity contribution in [3.05, 3.63) is 71.1 Å². The molecular weight excluding hydrogens is 310 g/mol. The van der Waals surface area contributed by atoms with Crippen molar-refractivity contribution in [3.63, 3.8) is 0 Å². The maximum Gasteiger partial charge on any atom is 0.229 e. The van der Waals surface area contributed by atoms with Gasteiger partial charge in [-0.25, -0.2) is 4.98 Å². The van der Waals surface area contributed by atoms with E-state index in [1.165, 1.54) is 0 Å². The summed E-state index contributed by atoms with van der Waals surface area (Å²) >= 11 is 5.89. The van der Waals surface area contributed by atoms with Crippen LogP contribution in [0, 0.1) is 6.92 Å². The van der Waals surface area contributed by atoms with Crippen molar-refractivity contribution in [2.75, 3.05) is 10.6 Å². The molecule has 0 radical (unpaired) electrons. The second-order valence-electron chi connectivity index (χ2n) is 5.06. The Labute approximate surface area is 139 Å². The standard InChI is InChI=1S/C17H16ClN5/c1-12-10-16(20-11-13-6-8-19-9-7-13)23-17(21-12)22-15-4-2-14(18)3-5-15/h2-10H,11H2,1H3,(H2,20,21,22,23). The summed E-state index contributed by atoms with van der Waals surface area (Å²) in [7, 11) is 0. The van der Waals surface area contributed by atoms with Gasteiger partial charge in [0.05, 0.1) is 0 Å². The second kappa shape index (κ2) is 7.07. The van der Waals surface area contributed by atoms with Gasteiger partial charge in [0.25, 0.3) is 0 Å². The van der Waals surface area contributed by atoms with Crippen LogP contribution in [-0.4, -0.2) is 15.0 Å². The minimum Gasteiger partial charge on any atom is -0.366 e. The van der Waals surface area contributed by atoms with Crippen LogP contribution in [0.15, 0.2) is 54.9 Å². The third-order valence-corrected chi connectivity index (χ3v) is 3.43. The van der Waals surface area contributed by atoms with E-state index in [1.807, 2.05) is 49.4 Å². The largest absolute Gasteiger partial charge is 0.366 e. The van der Waals surface area contributed by atoms with Crippen LogP contribution in [0.1, 0.15) is 11.3 Å². The van der Waals surface area contributed by atoms with Crippen molar-refractivity contribution in [1.29, 1.82) is 0 Å². The van der Waals surface area contributed by atoms with Crippen LogP contribution in [0.2, 0.25) is 5.02 Å². The zero-order valence-electron chi connectivity index (χ0n) is 12.6. The molecule has 6 heteroatoms. The van der Waals surface area contributed by atoms with Gasteiger partial charge in [0.1, 0.15) is 5.82 Å². The van der Waals surface area contributed by atoms with Crippen LogP contribution in [-0.2, 0) is 6.54 Å². The number of benzene rings is 1. The topological polar surface area (TPSA) is 62.7 Å². The van der Waals surface area contributed by atoms with Gasteiger partial charge in [-0.05, 0) is 48.9 Å². The van der Waals surface area contributed by atoms with Crippen molar-refractivity contribution < 1.29 is 0 Å². The van der Waals surface area contributed by atoms with Crippen LogP contribution in [0.3, 0.4) is 0 Å². The fraction of sp³-hybridized carbons (Fsp3) is 0.118. The molecule has 5 nitrogen and oxygen atoms in total. The van der Waals surface area contributed by atoms with Gasteiger partial charge in [-0.1, -0.05) is 11.6 Å². The van der Waals surface area contributed by atoms with Crippen molar-refractivity contribution in [2.45, 2.75) is 13.5 Å². The Bertz CT molecular complexity index is 775. The number of aryl methyl sites for hydroxylation is 1. The Morgan fingerprint density at radius 2 is 1.74 bits per heavy atom. The maximum atomic E-state index is 5.89. The Morgan fingerprint density at radius 3 is 2.48 bits per heavy atom. The lowest BCUT2D eigenvalue weighted by Gasteiger charge is -2.10. The molecule has 0 spiro atoms. The minimum atomic E-state index is 0.546. The Balaban J connectivity index is 1.72. The number of pyridine rings is 1. The summed E-state index contributed by atoms with van der Waals surface area (Å²) in [6.45, 7) is 2.62. The number of rotatable bonds is 5. The quantitative estimate of drug-likeness (QED) is 0.736. The summed E-state index contributed by atoms with van der Waals surface area (Å²) in [6.07, 6.45) is 3.55. The Kier molecular flexibility index (Phi) is 4.68. The molecule has 0 aliphatic carbocycles. The van der Waals surface area contributed by atoms with Gasteiger partial charge in [-0.3, -0.25) is 4.98 Å². The highest BCUT2D eigenvalue weighted by molar-refractivity contribution is 6.30. The summed E-state index contributed by atoms with van der Waals surface area (Å²) in [4.78, 5) is 12.9. The molecular formula is C17H16ClN5. The molecule has 0 unspecified atom stereocenters. The smallest absolute Gasteiger partial charge is 0.229 e. The molecule has 0 aliphatic rings. The van der Waals surface area contributed by atoms with Gasteiger partial charge in [0.15, 0.2) is 0 Å². The Hall–Kier alpha value is -2.66. The van der Waals surface area contributed by atoms with Crippen LogP contribution < -0.4 is 10.6 Å². The molecule has 1 aromatic carbocycles. The molecule has 2 N–H and O–H groups in total. The van der Waals surface area contributed by atoms with E-state index in [0.29, 0.717) is 17.5 Å². The van der Waals surface area contributed by atoms with Crippen LogP contribution in [0.4, 0.5) is 17.5 Å². The predicted octanol–water partition coefficient (Wildman–Crippen LogP) is 4.19. The van der Waals surface area contributed by atoms with Gasteiger partial charge in [0.2, 0.25) is 5.95 Å². The molecule has 0 saturated carbocycles. The van der Waals surface area contributed by atoms with Crippen LogP contribution in [0.25, 0.3) is 0 Å². The van der Waals surface area contributed by atoms with E-state index in [2.05, 4.69) is 25.6 Å². The first-order valence-electron chi connectivity index (χ1n) is 7.20. The summed E-state index contributed by atoms with van der Waals surface area (Å²) < 4.78 is 0. The lowest BCUT2D eigenvalue weighted by Crippen LogP contribution is -2.05. The average Bonchev–Trinajstić information content (AvgIpc) is 2.56. The molecule has 3 aromatic rings.